The first-order valence-electron chi connectivity index (χ1n) is 6.60. The maximum absolute atomic E-state index is 13.0. The largest absolute Gasteiger partial charge is 0.385 e. The van der Waals surface area contributed by atoms with Crippen LogP contribution in [0.2, 0.25) is 0 Å². The van der Waals surface area contributed by atoms with Crippen molar-refractivity contribution >= 4 is 17.1 Å². The van der Waals surface area contributed by atoms with Gasteiger partial charge in [0, 0.05) is 30.7 Å². The molecule has 0 aliphatic carbocycles. The van der Waals surface area contributed by atoms with E-state index in [9.17, 15) is 4.39 Å². The molecule has 0 fully saturated rings. The number of rotatable bonds is 2. The molecule has 3 rings (SSSR count). The van der Waals surface area contributed by atoms with Crippen molar-refractivity contribution in [3.63, 3.8) is 0 Å². The van der Waals surface area contributed by atoms with Crippen LogP contribution in [0.4, 0.5) is 21.5 Å². The van der Waals surface area contributed by atoms with Gasteiger partial charge in [0.2, 0.25) is 0 Å². The standard InChI is InChI=1S/C16H17FN2/c1-19(14-6-4-13(17)5-7-14)15-8-9-16-12(11-15)3-2-10-18-16/h4-9,11,18H,2-3,10H2,1H3. The summed E-state index contributed by atoms with van der Waals surface area (Å²) < 4.78 is 13.0. The molecule has 0 atom stereocenters. The van der Waals surface area contributed by atoms with E-state index in [1.807, 2.05) is 7.05 Å². The Hall–Kier alpha value is -2.03. The molecule has 2 aromatic carbocycles. The van der Waals surface area contributed by atoms with Crippen molar-refractivity contribution in [2.24, 2.45) is 0 Å². The second-order valence-corrected chi connectivity index (χ2v) is 4.91. The average molecular weight is 256 g/mol. The molecule has 0 aromatic heterocycles. The molecular formula is C16H17FN2. The molecule has 0 amide bonds. The quantitative estimate of drug-likeness (QED) is 0.875. The smallest absolute Gasteiger partial charge is 0.123 e. The van der Waals surface area contributed by atoms with Gasteiger partial charge in [0.15, 0.2) is 0 Å². The van der Waals surface area contributed by atoms with E-state index in [0.717, 1.165) is 24.3 Å². The molecule has 1 aliphatic rings. The minimum Gasteiger partial charge on any atom is -0.385 e. The van der Waals surface area contributed by atoms with Crippen LogP contribution < -0.4 is 10.2 Å². The SMILES string of the molecule is CN(c1ccc(F)cc1)c1ccc2c(c1)CCCN2. The summed E-state index contributed by atoms with van der Waals surface area (Å²) in [5, 5.41) is 3.41. The molecule has 3 heteroatoms. The fourth-order valence-corrected chi connectivity index (χ4v) is 2.48. The van der Waals surface area contributed by atoms with E-state index in [1.165, 1.54) is 29.8 Å². The minimum atomic E-state index is -0.202. The Morgan fingerprint density at radius 1 is 1.05 bits per heavy atom. The Bertz CT molecular complexity index is 578. The van der Waals surface area contributed by atoms with Gasteiger partial charge in [-0.2, -0.15) is 0 Å². The van der Waals surface area contributed by atoms with Gasteiger partial charge in [-0.25, -0.2) is 4.39 Å². The lowest BCUT2D eigenvalue weighted by Gasteiger charge is -2.23. The Morgan fingerprint density at radius 3 is 2.58 bits per heavy atom. The van der Waals surface area contributed by atoms with Crippen LogP contribution in [0.1, 0.15) is 12.0 Å². The highest BCUT2D eigenvalue weighted by Gasteiger charge is 2.11. The zero-order chi connectivity index (χ0) is 13.2. The van der Waals surface area contributed by atoms with Gasteiger partial charge in [0.25, 0.3) is 0 Å². The maximum atomic E-state index is 13.0. The molecule has 0 saturated carbocycles. The first-order valence-corrected chi connectivity index (χ1v) is 6.60. The van der Waals surface area contributed by atoms with Crippen LogP contribution in [0, 0.1) is 5.82 Å². The summed E-state index contributed by atoms with van der Waals surface area (Å²) in [7, 11) is 2.01. The topological polar surface area (TPSA) is 15.3 Å². The molecule has 98 valence electrons. The highest BCUT2D eigenvalue weighted by molar-refractivity contribution is 5.67. The van der Waals surface area contributed by atoms with E-state index in [-0.39, 0.29) is 5.82 Å². The molecule has 0 radical (unpaired) electrons. The van der Waals surface area contributed by atoms with E-state index >= 15 is 0 Å². The first-order chi connectivity index (χ1) is 9.24. The van der Waals surface area contributed by atoms with Crippen molar-refractivity contribution in [1.29, 1.82) is 0 Å². The highest BCUT2D eigenvalue weighted by Crippen LogP contribution is 2.30. The van der Waals surface area contributed by atoms with Crippen LogP contribution in [0.15, 0.2) is 42.5 Å². The van der Waals surface area contributed by atoms with Crippen LogP contribution in [0.25, 0.3) is 0 Å². The number of nitrogens with one attached hydrogen (secondary N) is 1. The minimum absolute atomic E-state index is 0.202. The van der Waals surface area contributed by atoms with E-state index in [4.69, 9.17) is 0 Å². The van der Waals surface area contributed by atoms with E-state index in [2.05, 4.69) is 28.4 Å². The molecule has 0 unspecified atom stereocenters. The molecule has 0 spiro atoms. The molecule has 2 aromatic rings. The summed E-state index contributed by atoms with van der Waals surface area (Å²) in [4.78, 5) is 2.08. The fourth-order valence-electron chi connectivity index (χ4n) is 2.48. The third-order valence-corrected chi connectivity index (χ3v) is 3.63. The predicted octanol–water partition coefficient (Wildman–Crippen LogP) is 3.95. The lowest BCUT2D eigenvalue weighted by molar-refractivity contribution is 0.628. The van der Waals surface area contributed by atoms with Crippen LogP contribution in [-0.4, -0.2) is 13.6 Å². The summed E-state index contributed by atoms with van der Waals surface area (Å²) in [6, 6.07) is 13.0. The zero-order valence-electron chi connectivity index (χ0n) is 11.0. The van der Waals surface area contributed by atoms with Crippen molar-refractivity contribution < 1.29 is 4.39 Å². The van der Waals surface area contributed by atoms with Gasteiger partial charge in [-0.05, 0) is 60.9 Å². The second kappa shape index (κ2) is 4.92. The van der Waals surface area contributed by atoms with Crippen LogP contribution in [0.3, 0.4) is 0 Å². The van der Waals surface area contributed by atoms with E-state index in [0.29, 0.717) is 0 Å². The summed E-state index contributed by atoms with van der Waals surface area (Å²) in [6.45, 7) is 1.06. The molecule has 1 aliphatic heterocycles. The Morgan fingerprint density at radius 2 is 1.79 bits per heavy atom. The third-order valence-electron chi connectivity index (χ3n) is 3.63. The van der Waals surface area contributed by atoms with Gasteiger partial charge in [-0.3, -0.25) is 0 Å². The lowest BCUT2D eigenvalue weighted by atomic mass is 10.0. The number of halogens is 1. The van der Waals surface area contributed by atoms with Crippen LogP contribution in [0.5, 0.6) is 0 Å². The van der Waals surface area contributed by atoms with Gasteiger partial charge < -0.3 is 10.2 Å². The van der Waals surface area contributed by atoms with Crippen molar-refractivity contribution in [2.75, 3.05) is 23.8 Å². The monoisotopic (exact) mass is 256 g/mol. The second-order valence-electron chi connectivity index (χ2n) is 4.91. The average Bonchev–Trinajstić information content (AvgIpc) is 2.47. The Labute approximate surface area is 112 Å². The number of hydrogen-bond acceptors (Lipinski definition) is 2. The maximum Gasteiger partial charge on any atom is 0.123 e. The number of nitrogens with zero attached hydrogens (tertiary/aromatic N) is 1. The van der Waals surface area contributed by atoms with E-state index in [1.54, 1.807) is 12.1 Å². The Balaban J connectivity index is 1.91. The summed E-state index contributed by atoms with van der Waals surface area (Å²) in [6.07, 6.45) is 2.30. The summed E-state index contributed by atoms with van der Waals surface area (Å²) in [5.74, 6) is -0.202. The lowest BCUT2D eigenvalue weighted by Crippen LogP contribution is -2.14. The number of aryl methyl sites for hydroxylation is 1. The molecular weight excluding hydrogens is 239 g/mol. The van der Waals surface area contributed by atoms with Gasteiger partial charge in [0.05, 0.1) is 0 Å². The van der Waals surface area contributed by atoms with E-state index < -0.39 is 0 Å². The van der Waals surface area contributed by atoms with Crippen LogP contribution >= 0.6 is 0 Å². The molecule has 1 N–H and O–H groups in total. The fraction of sp³-hybridized carbons (Fsp3) is 0.250. The third kappa shape index (κ3) is 2.41. The van der Waals surface area contributed by atoms with Crippen molar-refractivity contribution in [3.8, 4) is 0 Å². The van der Waals surface area contributed by atoms with Gasteiger partial charge >= 0.3 is 0 Å². The molecule has 19 heavy (non-hydrogen) atoms. The normalized spacial score (nSPS) is 13.6. The summed E-state index contributed by atoms with van der Waals surface area (Å²) >= 11 is 0. The predicted molar refractivity (Wildman–Crippen MR) is 77.7 cm³/mol. The number of benzene rings is 2. The molecule has 1 heterocycles. The Kier molecular flexibility index (Phi) is 3.11. The molecule has 0 saturated heterocycles. The summed E-state index contributed by atoms with van der Waals surface area (Å²) in [5.41, 5.74) is 4.72. The number of anilines is 3. The molecule has 2 nitrogen and oxygen atoms in total. The van der Waals surface area contributed by atoms with Gasteiger partial charge in [-0.15, -0.1) is 0 Å². The zero-order valence-corrected chi connectivity index (χ0v) is 11.0. The number of fused-ring (bicyclic) bond motifs is 1. The van der Waals surface area contributed by atoms with Crippen molar-refractivity contribution in [3.05, 3.63) is 53.8 Å². The van der Waals surface area contributed by atoms with Crippen LogP contribution in [-0.2, 0) is 6.42 Å². The van der Waals surface area contributed by atoms with Crippen molar-refractivity contribution in [2.45, 2.75) is 12.8 Å². The first kappa shape index (κ1) is 12.0. The van der Waals surface area contributed by atoms with Gasteiger partial charge in [-0.1, -0.05) is 0 Å². The van der Waals surface area contributed by atoms with Gasteiger partial charge in [0.1, 0.15) is 5.82 Å². The molecule has 0 bridgehead atoms. The highest BCUT2D eigenvalue weighted by atomic mass is 19.1. The number of hydrogen-bond donors (Lipinski definition) is 1. The van der Waals surface area contributed by atoms with Crippen molar-refractivity contribution in [1.82, 2.24) is 0 Å².